The van der Waals surface area contributed by atoms with Crippen LogP contribution in [-0.4, -0.2) is 28.4 Å². The summed E-state index contributed by atoms with van der Waals surface area (Å²) in [7, 11) is 0. The molecule has 0 spiro atoms. The summed E-state index contributed by atoms with van der Waals surface area (Å²) in [4.78, 5) is 19.0. The quantitative estimate of drug-likeness (QED) is 0.674. The van der Waals surface area contributed by atoms with Crippen molar-refractivity contribution in [1.29, 1.82) is 0 Å². The molecule has 4 rings (SSSR count). The Morgan fingerprint density at radius 3 is 2.70 bits per heavy atom. The van der Waals surface area contributed by atoms with Gasteiger partial charge >= 0.3 is 0 Å². The van der Waals surface area contributed by atoms with Gasteiger partial charge in [0.1, 0.15) is 5.82 Å². The molecule has 0 aliphatic heterocycles. The normalized spacial score (nSPS) is 13.9. The Labute approximate surface area is 160 Å². The number of fused-ring (bicyclic) bond motifs is 1. The molecule has 1 heterocycles. The summed E-state index contributed by atoms with van der Waals surface area (Å²) in [6, 6.07) is 19.4. The number of benzene rings is 2. The van der Waals surface area contributed by atoms with Gasteiger partial charge in [0, 0.05) is 31.7 Å². The summed E-state index contributed by atoms with van der Waals surface area (Å²) in [6.45, 7) is 3.65. The van der Waals surface area contributed by atoms with Gasteiger partial charge in [-0.1, -0.05) is 48.5 Å². The first kappa shape index (κ1) is 17.7. The van der Waals surface area contributed by atoms with E-state index in [-0.39, 0.29) is 5.91 Å². The third-order valence-electron chi connectivity index (χ3n) is 5.12. The number of rotatable bonds is 7. The molecule has 0 atom stereocenters. The van der Waals surface area contributed by atoms with Crippen molar-refractivity contribution in [3.8, 4) is 0 Å². The van der Waals surface area contributed by atoms with Crippen molar-refractivity contribution in [1.82, 2.24) is 9.88 Å². The smallest absolute Gasteiger partial charge is 0.226 e. The molecule has 138 valence electrons. The summed E-state index contributed by atoms with van der Waals surface area (Å²) in [5.74, 6) is 0.646. The van der Waals surface area contributed by atoms with Crippen LogP contribution in [0.25, 0.3) is 10.8 Å². The Morgan fingerprint density at radius 1 is 1.11 bits per heavy atom. The molecule has 0 saturated heterocycles. The predicted octanol–water partition coefficient (Wildman–Crippen LogP) is 4.54. The maximum absolute atomic E-state index is 12.3. The number of amides is 1. The summed E-state index contributed by atoms with van der Waals surface area (Å²) < 4.78 is 0. The second-order valence-electron chi connectivity index (χ2n) is 7.36. The standard InChI is InChI=1S/C23H25N3O/c1-17-9-12-22(24-15-17)25-23(27)13-14-26(20-10-11-20)16-19-7-4-6-18-5-2-3-8-21(18)19/h2-9,12,15,20H,10-11,13-14,16H2,1H3,(H,24,25,27). The van der Waals surface area contributed by atoms with E-state index >= 15 is 0 Å². The number of nitrogens with one attached hydrogen (secondary N) is 1. The lowest BCUT2D eigenvalue weighted by Crippen LogP contribution is -2.29. The summed E-state index contributed by atoms with van der Waals surface area (Å²) in [5.41, 5.74) is 2.42. The molecule has 0 unspecified atom stereocenters. The number of aryl methyl sites for hydroxylation is 1. The molecular formula is C23H25N3O. The molecule has 0 bridgehead atoms. The zero-order valence-electron chi connectivity index (χ0n) is 15.7. The van der Waals surface area contributed by atoms with Gasteiger partial charge in [0.05, 0.1) is 0 Å². The largest absolute Gasteiger partial charge is 0.311 e. The van der Waals surface area contributed by atoms with Crippen molar-refractivity contribution >= 4 is 22.5 Å². The van der Waals surface area contributed by atoms with Crippen molar-refractivity contribution in [2.75, 3.05) is 11.9 Å². The third-order valence-corrected chi connectivity index (χ3v) is 5.12. The minimum absolute atomic E-state index is 0.0231. The first-order valence-electron chi connectivity index (χ1n) is 9.62. The topological polar surface area (TPSA) is 45.2 Å². The van der Waals surface area contributed by atoms with E-state index < -0.39 is 0 Å². The van der Waals surface area contributed by atoms with E-state index in [1.807, 2.05) is 19.1 Å². The molecule has 1 aromatic heterocycles. The third kappa shape index (κ3) is 4.52. The molecule has 27 heavy (non-hydrogen) atoms. The van der Waals surface area contributed by atoms with Crippen LogP contribution in [-0.2, 0) is 11.3 Å². The molecular weight excluding hydrogens is 334 g/mol. The molecule has 1 saturated carbocycles. The summed E-state index contributed by atoms with van der Waals surface area (Å²) in [5, 5.41) is 5.48. The number of pyridine rings is 1. The van der Waals surface area contributed by atoms with Gasteiger partial charge in [0.2, 0.25) is 5.91 Å². The van der Waals surface area contributed by atoms with E-state index in [0.29, 0.717) is 18.3 Å². The highest BCUT2D eigenvalue weighted by Gasteiger charge is 2.29. The molecule has 1 aliphatic carbocycles. The van der Waals surface area contributed by atoms with E-state index in [2.05, 4.69) is 57.7 Å². The van der Waals surface area contributed by atoms with Crippen LogP contribution < -0.4 is 5.32 Å². The lowest BCUT2D eigenvalue weighted by molar-refractivity contribution is -0.116. The van der Waals surface area contributed by atoms with Crippen LogP contribution in [0.2, 0.25) is 0 Å². The van der Waals surface area contributed by atoms with Crippen LogP contribution in [0.5, 0.6) is 0 Å². The van der Waals surface area contributed by atoms with E-state index in [4.69, 9.17) is 0 Å². The molecule has 0 radical (unpaired) electrons. The van der Waals surface area contributed by atoms with Crippen LogP contribution in [0, 0.1) is 6.92 Å². The first-order chi connectivity index (χ1) is 13.2. The Morgan fingerprint density at radius 2 is 1.93 bits per heavy atom. The Balaban J connectivity index is 1.39. The Hall–Kier alpha value is -2.72. The van der Waals surface area contributed by atoms with E-state index in [9.17, 15) is 4.79 Å². The second-order valence-corrected chi connectivity index (χ2v) is 7.36. The minimum atomic E-state index is 0.0231. The average Bonchev–Trinajstić information content (AvgIpc) is 3.52. The van der Waals surface area contributed by atoms with Crippen molar-refractivity contribution in [3.63, 3.8) is 0 Å². The SMILES string of the molecule is Cc1ccc(NC(=O)CCN(Cc2cccc3ccccc23)C2CC2)nc1. The fourth-order valence-electron chi connectivity index (χ4n) is 3.47. The number of hydrogen-bond acceptors (Lipinski definition) is 3. The van der Waals surface area contributed by atoms with E-state index in [1.54, 1.807) is 6.20 Å². The van der Waals surface area contributed by atoms with E-state index in [1.165, 1.54) is 29.2 Å². The number of hydrogen-bond donors (Lipinski definition) is 1. The predicted molar refractivity (Wildman–Crippen MR) is 110 cm³/mol. The molecule has 1 amide bonds. The number of nitrogens with zero attached hydrogens (tertiary/aromatic N) is 2. The van der Waals surface area contributed by atoms with Crippen LogP contribution in [0.4, 0.5) is 5.82 Å². The molecule has 1 aliphatic rings. The highest BCUT2D eigenvalue weighted by Crippen LogP contribution is 2.30. The van der Waals surface area contributed by atoms with Crippen LogP contribution >= 0.6 is 0 Å². The van der Waals surface area contributed by atoms with Gasteiger partial charge in [-0.05, 0) is 47.7 Å². The first-order valence-corrected chi connectivity index (χ1v) is 9.62. The van der Waals surface area contributed by atoms with E-state index in [0.717, 1.165) is 18.7 Å². The lowest BCUT2D eigenvalue weighted by Gasteiger charge is -2.22. The maximum atomic E-state index is 12.3. The fraction of sp³-hybridized carbons (Fsp3) is 0.304. The molecule has 4 nitrogen and oxygen atoms in total. The van der Waals surface area contributed by atoms with Gasteiger partial charge in [-0.3, -0.25) is 9.69 Å². The molecule has 1 fully saturated rings. The number of carbonyl (C=O) groups excluding carboxylic acids is 1. The maximum Gasteiger partial charge on any atom is 0.226 e. The second kappa shape index (κ2) is 7.89. The highest BCUT2D eigenvalue weighted by atomic mass is 16.1. The molecule has 1 N–H and O–H groups in total. The van der Waals surface area contributed by atoms with Crippen LogP contribution in [0.3, 0.4) is 0 Å². The number of carbonyl (C=O) groups is 1. The summed E-state index contributed by atoms with van der Waals surface area (Å²) in [6.07, 6.45) is 4.71. The van der Waals surface area contributed by atoms with Gasteiger partial charge in [-0.2, -0.15) is 0 Å². The monoisotopic (exact) mass is 359 g/mol. The zero-order valence-corrected chi connectivity index (χ0v) is 15.7. The van der Waals surface area contributed by atoms with Gasteiger partial charge in [0.25, 0.3) is 0 Å². The lowest BCUT2D eigenvalue weighted by atomic mass is 10.0. The van der Waals surface area contributed by atoms with Crippen molar-refractivity contribution in [3.05, 3.63) is 71.9 Å². The van der Waals surface area contributed by atoms with Crippen molar-refractivity contribution in [2.45, 2.75) is 38.8 Å². The number of anilines is 1. The minimum Gasteiger partial charge on any atom is -0.311 e. The molecule has 2 aromatic carbocycles. The van der Waals surface area contributed by atoms with Gasteiger partial charge < -0.3 is 5.32 Å². The summed E-state index contributed by atoms with van der Waals surface area (Å²) >= 11 is 0. The van der Waals surface area contributed by atoms with Crippen molar-refractivity contribution in [2.24, 2.45) is 0 Å². The van der Waals surface area contributed by atoms with Crippen molar-refractivity contribution < 1.29 is 4.79 Å². The molecule has 3 aromatic rings. The fourth-order valence-corrected chi connectivity index (χ4v) is 3.47. The van der Waals surface area contributed by atoms with Crippen LogP contribution in [0.15, 0.2) is 60.8 Å². The Kier molecular flexibility index (Phi) is 5.16. The average molecular weight is 359 g/mol. The van der Waals surface area contributed by atoms with Gasteiger partial charge in [0.15, 0.2) is 0 Å². The van der Waals surface area contributed by atoms with Gasteiger partial charge in [-0.15, -0.1) is 0 Å². The van der Waals surface area contributed by atoms with Crippen LogP contribution in [0.1, 0.15) is 30.4 Å². The van der Waals surface area contributed by atoms with Gasteiger partial charge in [-0.25, -0.2) is 4.98 Å². The number of aromatic nitrogens is 1. The zero-order chi connectivity index (χ0) is 18.6. The Bertz CT molecular complexity index is 927. The molecule has 4 heteroatoms. The highest BCUT2D eigenvalue weighted by molar-refractivity contribution is 5.89.